The van der Waals surface area contributed by atoms with E-state index in [1.165, 1.54) is 23.9 Å². The summed E-state index contributed by atoms with van der Waals surface area (Å²) in [6, 6.07) is 0. The molecule has 0 saturated heterocycles. The lowest BCUT2D eigenvalue weighted by Crippen LogP contribution is -2.62. The van der Waals surface area contributed by atoms with Crippen LogP contribution >= 0.6 is 15.9 Å². The van der Waals surface area contributed by atoms with Gasteiger partial charge in [0.25, 0.3) is 0 Å². The van der Waals surface area contributed by atoms with Crippen LogP contribution in [0.4, 0.5) is 0 Å². The molecule has 0 spiro atoms. The maximum absolute atomic E-state index is 5.93. The van der Waals surface area contributed by atoms with E-state index in [0.717, 1.165) is 25.4 Å². The van der Waals surface area contributed by atoms with Crippen LogP contribution in [0.25, 0.3) is 0 Å². The molecular weight excluding hydrogens is 240 g/mol. The van der Waals surface area contributed by atoms with Gasteiger partial charge in [-0.2, -0.15) is 0 Å². The van der Waals surface area contributed by atoms with Crippen molar-refractivity contribution in [1.29, 1.82) is 0 Å². The van der Waals surface area contributed by atoms with E-state index in [1.54, 1.807) is 0 Å². The second-order valence-electron chi connectivity index (χ2n) is 4.80. The van der Waals surface area contributed by atoms with Gasteiger partial charge in [-0.1, -0.05) is 28.9 Å². The molecule has 1 fully saturated rings. The molecule has 2 aliphatic rings. The first-order valence-electron chi connectivity index (χ1n) is 5.46. The van der Waals surface area contributed by atoms with Crippen LogP contribution in [0.1, 0.15) is 26.2 Å². The van der Waals surface area contributed by atoms with E-state index in [9.17, 15) is 0 Å². The lowest BCUT2D eigenvalue weighted by Gasteiger charge is -2.54. The van der Waals surface area contributed by atoms with Crippen molar-refractivity contribution in [2.24, 2.45) is 11.7 Å². The summed E-state index contributed by atoms with van der Waals surface area (Å²) in [5, 5.41) is 0. The van der Waals surface area contributed by atoms with Crippen molar-refractivity contribution in [3.8, 4) is 0 Å². The Morgan fingerprint density at radius 3 is 2.86 bits per heavy atom. The van der Waals surface area contributed by atoms with E-state index in [1.807, 2.05) is 0 Å². The van der Waals surface area contributed by atoms with E-state index < -0.39 is 0 Å². The quantitative estimate of drug-likeness (QED) is 0.822. The molecule has 14 heavy (non-hydrogen) atoms. The highest BCUT2D eigenvalue weighted by atomic mass is 79.9. The molecule has 3 heteroatoms. The monoisotopic (exact) mass is 258 g/mol. The summed E-state index contributed by atoms with van der Waals surface area (Å²) in [6.07, 6.45) is 6.01. The van der Waals surface area contributed by atoms with Crippen molar-refractivity contribution in [3.63, 3.8) is 0 Å². The Morgan fingerprint density at radius 1 is 1.64 bits per heavy atom. The Kier molecular flexibility index (Phi) is 3.01. The highest BCUT2D eigenvalue weighted by Crippen LogP contribution is 2.42. The van der Waals surface area contributed by atoms with Crippen LogP contribution in [0.3, 0.4) is 0 Å². The van der Waals surface area contributed by atoms with Crippen molar-refractivity contribution in [2.45, 2.75) is 31.7 Å². The lowest BCUT2D eigenvalue weighted by atomic mass is 9.67. The van der Waals surface area contributed by atoms with Crippen LogP contribution in [-0.4, -0.2) is 30.1 Å². The molecule has 0 amide bonds. The third-order valence-electron chi connectivity index (χ3n) is 3.61. The third kappa shape index (κ3) is 1.77. The molecular formula is C11H19BrN2. The summed E-state index contributed by atoms with van der Waals surface area (Å²) >= 11 is 3.60. The zero-order valence-corrected chi connectivity index (χ0v) is 10.4. The van der Waals surface area contributed by atoms with Crippen molar-refractivity contribution < 1.29 is 0 Å². The maximum Gasteiger partial charge on any atom is 0.0340 e. The van der Waals surface area contributed by atoms with Crippen LogP contribution in [0.2, 0.25) is 0 Å². The van der Waals surface area contributed by atoms with Gasteiger partial charge < -0.3 is 5.73 Å². The molecule has 0 aromatic rings. The van der Waals surface area contributed by atoms with Crippen LogP contribution in [0.15, 0.2) is 10.6 Å². The average Bonchev–Trinajstić information content (AvgIpc) is 2.12. The SMILES string of the molecule is CC1CC(CN)(N2CCC=C(Br)C2)C1. The van der Waals surface area contributed by atoms with Gasteiger partial charge in [-0.05, 0) is 25.2 Å². The zero-order chi connectivity index (χ0) is 10.2. The van der Waals surface area contributed by atoms with Crippen LogP contribution < -0.4 is 5.73 Å². The van der Waals surface area contributed by atoms with E-state index in [0.29, 0.717) is 5.54 Å². The van der Waals surface area contributed by atoms with Gasteiger partial charge in [0, 0.05) is 29.7 Å². The molecule has 2 rings (SSSR count). The standard InChI is InChI=1S/C11H19BrN2/c1-9-5-11(6-9,8-13)14-4-2-3-10(12)7-14/h3,9H,2,4-8,13H2,1H3. The number of rotatable bonds is 2. The number of nitrogens with two attached hydrogens (primary N) is 1. The second-order valence-corrected chi connectivity index (χ2v) is 5.82. The van der Waals surface area contributed by atoms with Gasteiger partial charge in [-0.3, -0.25) is 4.90 Å². The smallest absolute Gasteiger partial charge is 0.0340 e. The molecule has 0 bridgehead atoms. The Labute approximate surface area is 94.7 Å². The minimum absolute atomic E-state index is 0.326. The van der Waals surface area contributed by atoms with E-state index in [2.05, 4.69) is 33.8 Å². The number of halogens is 1. The Hall–Kier alpha value is 0.140. The molecule has 1 saturated carbocycles. The van der Waals surface area contributed by atoms with Gasteiger partial charge in [-0.15, -0.1) is 0 Å². The summed E-state index contributed by atoms with van der Waals surface area (Å²) in [7, 11) is 0. The van der Waals surface area contributed by atoms with Gasteiger partial charge in [0.2, 0.25) is 0 Å². The first-order chi connectivity index (χ1) is 6.66. The van der Waals surface area contributed by atoms with Crippen LogP contribution in [0, 0.1) is 5.92 Å². The third-order valence-corrected chi connectivity index (χ3v) is 4.19. The van der Waals surface area contributed by atoms with E-state index >= 15 is 0 Å². The number of hydrogen-bond acceptors (Lipinski definition) is 2. The van der Waals surface area contributed by atoms with E-state index in [-0.39, 0.29) is 0 Å². The zero-order valence-electron chi connectivity index (χ0n) is 8.80. The van der Waals surface area contributed by atoms with Crippen molar-refractivity contribution in [3.05, 3.63) is 10.6 Å². The normalized spacial score (nSPS) is 39.1. The predicted molar refractivity (Wildman–Crippen MR) is 63.4 cm³/mol. The Balaban J connectivity index is 2.03. The highest BCUT2D eigenvalue weighted by Gasteiger charge is 2.45. The van der Waals surface area contributed by atoms with Gasteiger partial charge in [0.15, 0.2) is 0 Å². The molecule has 0 aromatic heterocycles. The molecule has 0 radical (unpaired) electrons. The maximum atomic E-state index is 5.93. The lowest BCUT2D eigenvalue weighted by molar-refractivity contribution is -0.00675. The van der Waals surface area contributed by atoms with Crippen molar-refractivity contribution >= 4 is 15.9 Å². The Morgan fingerprint density at radius 2 is 2.36 bits per heavy atom. The largest absolute Gasteiger partial charge is 0.329 e. The number of nitrogens with zero attached hydrogens (tertiary/aromatic N) is 1. The molecule has 1 aliphatic carbocycles. The van der Waals surface area contributed by atoms with Crippen LogP contribution in [0.5, 0.6) is 0 Å². The first kappa shape index (κ1) is 10.7. The number of hydrogen-bond donors (Lipinski definition) is 1. The molecule has 0 unspecified atom stereocenters. The molecule has 0 aromatic carbocycles. The van der Waals surface area contributed by atoms with Gasteiger partial charge in [-0.25, -0.2) is 0 Å². The van der Waals surface area contributed by atoms with Gasteiger partial charge in [0.1, 0.15) is 0 Å². The molecule has 0 atom stereocenters. The minimum Gasteiger partial charge on any atom is -0.329 e. The summed E-state index contributed by atoms with van der Waals surface area (Å²) in [4.78, 5) is 2.57. The summed E-state index contributed by atoms with van der Waals surface area (Å²) < 4.78 is 1.33. The fourth-order valence-electron chi connectivity index (χ4n) is 2.90. The summed E-state index contributed by atoms with van der Waals surface area (Å²) in [5.41, 5.74) is 6.26. The topological polar surface area (TPSA) is 29.3 Å². The molecule has 80 valence electrons. The predicted octanol–water partition coefficient (Wildman–Crippen LogP) is 2.10. The summed E-state index contributed by atoms with van der Waals surface area (Å²) in [5.74, 6) is 0.864. The van der Waals surface area contributed by atoms with Crippen molar-refractivity contribution in [2.75, 3.05) is 19.6 Å². The minimum atomic E-state index is 0.326. The fraction of sp³-hybridized carbons (Fsp3) is 0.818. The van der Waals surface area contributed by atoms with Crippen molar-refractivity contribution in [1.82, 2.24) is 4.90 Å². The average molecular weight is 259 g/mol. The van der Waals surface area contributed by atoms with Gasteiger partial charge >= 0.3 is 0 Å². The first-order valence-corrected chi connectivity index (χ1v) is 6.25. The molecule has 1 aliphatic heterocycles. The fourth-order valence-corrected chi connectivity index (χ4v) is 3.43. The summed E-state index contributed by atoms with van der Waals surface area (Å²) in [6.45, 7) is 5.38. The second kappa shape index (κ2) is 3.95. The molecule has 2 nitrogen and oxygen atoms in total. The molecule has 1 heterocycles. The van der Waals surface area contributed by atoms with E-state index in [4.69, 9.17) is 5.73 Å². The van der Waals surface area contributed by atoms with Crippen LogP contribution in [-0.2, 0) is 0 Å². The Bertz CT molecular complexity index is 244. The van der Waals surface area contributed by atoms with Gasteiger partial charge in [0.05, 0.1) is 0 Å². The molecule has 2 N–H and O–H groups in total. The highest BCUT2D eigenvalue weighted by molar-refractivity contribution is 9.11.